The van der Waals surface area contributed by atoms with Crippen molar-refractivity contribution in [2.75, 3.05) is 0 Å². The van der Waals surface area contributed by atoms with Gasteiger partial charge in [-0.3, -0.25) is 15.0 Å². The monoisotopic (exact) mass is 287 g/mol. The zero-order chi connectivity index (χ0) is 12.1. The number of hydrazine groups is 1. The van der Waals surface area contributed by atoms with Gasteiger partial charge in [0.1, 0.15) is 0 Å². The van der Waals surface area contributed by atoms with Gasteiger partial charge in [0.25, 0.3) is 5.56 Å². The highest BCUT2D eigenvalue weighted by atomic mass is 79.9. The molecule has 0 fully saturated rings. The molecule has 0 saturated heterocycles. The normalized spacial score (nSPS) is 10.2. The van der Waals surface area contributed by atoms with Crippen LogP contribution >= 0.6 is 15.9 Å². The summed E-state index contributed by atoms with van der Waals surface area (Å²) < 4.78 is 2.44. The first-order valence-corrected chi connectivity index (χ1v) is 5.70. The Morgan fingerprint density at radius 1 is 1.62 bits per heavy atom. The molecule has 6 heteroatoms. The predicted octanol–water partition coefficient (Wildman–Crippen LogP) is 0.689. The number of nitrogens with zero attached hydrogens (tertiary/aromatic N) is 1. The maximum Gasteiger partial charge on any atom is 0.253 e. The molecule has 0 bridgehead atoms. The molecule has 88 valence electrons. The number of rotatable bonds is 4. The Hall–Kier alpha value is -1.14. The van der Waals surface area contributed by atoms with Crippen LogP contribution in [-0.2, 0) is 11.3 Å². The average molecular weight is 288 g/mol. The summed E-state index contributed by atoms with van der Waals surface area (Å²) in [6, 6.07) is 1.77. The first kappa shape index (κ1) is 12.9. The molecule has 0 aliphatic rings. The van der Waals surface area contributed by atoms with Gasteiger partial charge in [0.05, 0.1) is 0 Å². The molecule has 0 unspecified atom stereocenters. The third-order valence-electron chi connectivity index (χ3n) is 2.20. The molecule has 0 saturated carbocycles. The molecule has 1 aromatic heterocycles. The summed E-state index contributed by atoms with van der Waals surface area (Å²) in [5, 5.41) is 0. The Morgan fingerprint density at radius 2 is 2.31 bits per heavy atom. The number of hydrogen-bond donors (Lipinski definition) is 2. The van der Waals surface area contributed by atoms with Crippen LogP contribution in [0.3, 0.4) is 0 Å². The summed E-state index contributed by atoms with van der Waals surface area (Å²) in [6.45, 7) is 2.27. The minimum atomic E-state index is -0.222. The van der Waals surface area contributed by atoms with Gasteiger partial charge in [-0.15, -0.1) is 0 Å². The van der Waals surface area contributed by atoms with Gasteiger partial charge in [0.15, 0.2) is 0 Å². The van der Waals surface area contributed by atoms with Crippen molar-refractivity contribution in [3.8, 4) is 0 Å². The van der Waals surface area contributed by atoms with E-state index >= 15 is 0 Å². The lowest BCUT2D eigenvalue weighted by molar-refractivity contribution is -0.121. The maximum atomic E-state index is 11.7. The van der Waals surface area contributed by atoms with Crippen molar-refractivity contribution in [2.24, 2.45) is 5.84 Å². The van der Waals surface area contributed by atoms with E-state index in [0.717, 1.165) is 4.47 Å². The summed E-state index contributed by atoms with van der Waals surface area (Å²) >= 11 is 3.32. The average Bonchev–Trinajstić information content (AvgIpc) is 2.24. The van der Waals surface area contributed by atoms with Gasteiger partial charge in [-0.05, 0) is 35.3 Å². The van der Waals surface area contributed by atoms with Crippen molar-refractivity contribution in [3.05, 3.63) is 32.7 Å². The number of hydrogen-bond acceptors (Lipinski definition) is 3. The van der Waals surface area contributed by atoms with Gasteiger partial charge in [-0.2, -0.15) is 0 Å². The molecule has 16 heavy (non-hydrogen) atoms. The van der Waals surface area contributed by atoms with Crippen LogP contribution in [0.1, 0.15) is 18.4 Å². The molecule has 0 spiro atoms. The molecule has 0 atom stereocenters. The standard InChI is InChI=1S/C10H14BrN3O2/c1-7-5-8(11)6-14(10(7)16)4-2-3-9(15)13-12/h5-6H,2-4,12H2,1H3,(H,13,15). The van der Waals surface area contributed by atoms with Crippen molar-refractivity contribution < 1.29 is 4.79 Å². The summed E-state index contributed by atoms with van der Waals surface area (Å²) in [6.07, 6.45) is 2.61. The topological polar surface area (TPSA) is 77.1 Å². The summed E-state index contributed by atoms with van der Waals surface area (Å²) in [5.74, 6) is 4.73. The van der Waals surface area contributed by atoms with E-state index in [4.69, 9.17) is 5.84 Å². The van der Waals surface area contributed by atoms with Crippen LogP contribution in [0.5, 0.6) is 0 Å². The molecule has 5 nitrogen and oxygen atoms in total. The lowest BCUT2D eigenvalue weighted by Crippen LogP contribution is -2.30. The molecule has 0 aliphatic heterocycles. The first-order valence-electron chi connectivity index (χ1n) is 4.90. The summed E-state index contributed by atoms with van der Waals surface area (Å²) in [5.41, 5.74) is 2.70. The van der Waals surface area contributed by atoms with Crippen LogP contribution in [0.15, 0.2) is 21.5 Å². The lowest BCUT2D eigenvalue weighted by Gasteiger charge is -2.07. The number of aromatic nitrogens is 1. The van der Waals surface area contributed by atoms with Crippen molar-refractivity contribution in [3.63, 3.8) is 0 Å². The smallest absolute Gasteiger partial charge is 0.253 e. The number of pyridine rings is 1. The van der Waals surface area contributed by atoms with E-state index in [-0.39, 0.29) is 11.5 Å². The van der Waals surface area contributed by atoms with Crippen LogP contribution in [0.2, 0.25) is 0 Å². The van der Waals surface area contributed by atoms with E-state index in [2.05, 4.69) is 21.4 Å². The Bertz CT molecular complexity index is 442. The minimum Gasteiger partial charge on any atom is -0.314 e. The molecular weight excluding hydrogens is 274 g/mol. The van der Waals surface area contributed by atoms with Gasteiger partial charge < -0.3 is 4.57 Å². The number of carbonyl (C=O) groups is 1. The van der Waals surface area contributed by atoms with Crippen molar-refractivity contribution in [2.45, 2.75) is 26.3 Å². The van der Waals surface area contributed by atoms with E-state index in [9.17, 15) is 9.59 Å². The molecule has 0 radical (unpaired) electrons. The Labute approximate surface area is 102 Å². The van der Waals surface area contributed by atoms with E-state index in [0.29, 0.717) is 24.9 Å². The highest BCUT2D eigenvalue weighted by molar-refractivity contribution is 9.10. The number of nitrogens with two attached hydrogens (primary N) is 1. The molecule has 1 aromatic rings. The number of amides is 1. The van der Waals surface area contributed by atoms with Crippen molar-refractivity contribution in [1.82, 2.24) is 9.99 Å². The fourth-order valence-corrected chi connectivity index (χ4v) is 1.98. The Morgan fingerprint density at radius 3 is 2.94 bits per heavy atom. The fourth-order valence-electron chi connectivity index (χ4n) is 1.39. The van der Waals surface area contributed by atoms with Gasteiger partial charge in [-0.25, -0.2) is 5.84 Å². The lowest BCUT2D eigenvalue weighted by atomic mass is 10.2. The van der Waals surface area contributed by atoms with Gasteiger partial charge >= 0.3 is 0 Å². The van der Waals surface area contributed by atoms with Gasteiger partial charge in [-0.1, -0.05) is 0 Å². The minimum absolute atomic E-state index is 0.0312. The largest absolute Gasteiger partial charge is 0.314 e. The number of carbonyl (C=O) groups excluding carboxylic acids is 1. The predicted molar refractivity (Wildman–Crippen MR) is 64.7 cm³/mol. The maximum absolute atomic E-state index is 11.7. The fraction of sp³-hybridized carbons (Fsp3) is 0.400. The third-order valence-corrected chi connectivity index (χ3v) is 2.63. The molecule has 3 N–H and O–H groups in total. The Kier molecular flexibility index (Phi) is 4.70. The SMILES string of the molecule is Cc1cc(Br)cn(CCCC(=O)NN)c1=O. The number of aryl methyl sites for hydroxylation is 2. The number of halogens is 1. The third kappa shape index (κ3) is 3.46. The van der Waals surface area contributed by atoms with E-state index in [1.807, 2.05) is 0 Å². The second kappa shape index (κ2) is 5.81. The second-order valence-electron chi connectivity index (χ2n) is 3.51. The molecule has 0 aliphatic carbocycles. The molecule has 1 heterocycles. The van der Waals surface area contributed by atoms with Gasteiger partial charge in [0.2, 0.25) is 5.91 Å². The van der Waals surface area contributed by atoms with Gasteiger partial charge in [0, 0.05) is 29.2 Å². The van der Waals surface area contributed by atoms with Crippen LogP contribution in [0, 0.1) is 6.92 Å². The van der Waals surface area contributed by atoms with Crippen LogP contribution in [0.4, 0.5) is 0 Å². The van der Waals surface area contributed by atoms with E-state index < -0.39 is 0 Å². The van der Waals surface area contributed by atoms with Crippen molar-refractivity contribution >= 4 is 21.8 Å². The van der Waals surface area contributed by atoms with Crippen LogP contribution in [0.25, 0.3) is 0 Å². The zero-order valence-electron chi connectivity index (χ0n) is 9.00. The first-order chi connectivity index (χ1) is 7.54. The molecule has 1 amide bonds. The highest BCUT2D eigenvalue weighted by Crippen LogP contribution is 2.08. The molecule has 0 aromatic carbocycles. The zero-order valence-corrected chi connectivity index (χ0v) is 10.6. The van der Waals surface area contributed by atoms with Crippen LogP contribution < -0.4 is 16.8 Å². The summed E-state index contributed by atoms with van der Waals surface area (Å²) in [4.78, 5) is 22.6. The van der Waals surface area contributed by atoms with Crippen LogP contribution in [-0.4, -0.2) is 10.5 Å². The summed E-state index contributed by atoms with van der Waals surface area (Å²) in [7, 11) is 0. The quantitative estimate of drug-likeness (QED) is 0.486. The second-order valence-corrected chi connectivity index (χ2v) is 4.43. The number of nitrogens with one attached hydrogen (secondary N) is 1. The van der Waals surface area contributed by atoms with E-state index in [1.54, 1.807) is 23.8 Å². The Balaban J connectivity index is 2.67. The van der Waals surface area contributed by atoms with E-state index in [1.165, 1.54) is 0 Å². The molecule has 1 rings (SSSR count). The molecular formula is C10H14BrN3O2. The highest BCUT2D eigenvalue weighted by Gasteiger charge is 2.03. The van der Waals surface area contributed by atoms with Crippen molar-refractivity contribution in [1.29, 1.82) is 0 Å².